The highest BCUT2D eigenvalue weighted by Gasteiger charge is 2.38. The average Bonchev–Trinajstić information content (AvgIpc) is 2.14. The predicted octanol–water partition coefficient (Wildman–Crippen LogP) is 2.81. The summed E-state index contributed by atoms with van der Waals surface area (Å²) in [6.45, 7) is 0. The maximum Gasteiger partial charge on any atom is 0.169 e. The molecular formula is C10H8Cl2O2. The second-order valence-corrected chi connectivity index (χ2v) is 4.64. The molecule has 1 atom stereocenters. The van der Waals surface area contributed by atoms with Gasteiger partial charge in [0, 0.05) is 5.56 Å². The number of hydrogen-bond donors (Lipinski definition) is 2. The Morgan fingerprint density at radius 2 is 1.86 bits per heavy atom. The summed E-state index contributed by atoms with van der Waals surface area (Å²) < 4.78 is -1.46. The van der Waals surface area contributed by atoms with Gasteiger partial charge >= 0.3 is 0 Å². The van der Waals surface area contributed by atoms with Gasteiger partial charge in [0.25, 0.3) is 0 Å². The van der Waals surface area contributed by atoms with Gasteiger partial charge in [-0.2, -0.15) is 0 Å². The van der Waals surface area contributed by atoms with Gasteiger partial charge in [0.05, 0.1) is 0 Å². The molecule has 0 spiro atoms. The van der Waals surface area contributed by atoms with Crippen molar-refractivity contribution < 1.29 is 10.2 Å². The molecule has 1 aromatic rings. The lowest BCUT2D eigenvalue weighted by Crippen LogP contribution is -2.26. The Morgan fingerprint density at radius 1 is 1.21 bits per heavy atom. The number of rotatable bonds is 0. The van der Waals surface area contributed by atoms with Crippen LogP contribution in [0.4, 0.5) is 0 Å². The van der Waals surface area contributed by atoms with Crippen LogP contribution in [0.3, 0.4) is 0 Å². The molecule has 0 saturated heterocycles. The Hall–Kier alpha value is -0.700. The molecule has 0 aliphatic heterocycles. The van der Waals surface area contributed by atoms with E-state index in [0.29, 0.717) is 11.1 Å². The number of hydrogen-bond acceptors (Lipinski definition) is 2. The first-order chi connectivity index (χ1) is 6.52. The van der Waals surface area contributed by atoms with Crippen molar-refractivity contribution in [1.82, 2.24) is 0 Å². The van der Waals surface area contributed by atoms with E-state index in [-0.39, 0.29) is 5.76 Å². The first kappa shape index (κ1) is 9.84. The Bertz CT molecular complexity index is 399. The van der Waals surface area contributed by atoms with Crippen LogP contribution in [0.15, 0.2) is 30.3 Å². The third-order valence-corrected chi connectivity index (χ3v) is 2.86. The molecule has 2 rings (SSSR count). The number of aliphatic hydroxyl groups is 2. The first-order valence-electron chi connectivity index (χ1n) is 4.09. The topological polar surface area (TPSA) is 40.5 Å². The number of alkyl halides is 2. The fraction of sp³-hybridized carbons (Fsp3) is 0.200. The van der Waals surface area contributed by atoms with Crippen molar-refractivity contribution in [3.8, 4) is 0 Å². The highest BCUT2D eigenvalue weighted by atomic mass is 35.5. The number of aliphatic hydroxyl groups excluding tert-OH is 2. The third kappa shape index (κ3) is 1.40. The molecule has 4 heteroatoms. The van der Waals surface area contributed by atoms with E-state index in [1.807, 2.05) is 0 Å². The van der Waals surface area contributed by atoms with E-state index in [2.05, 4.69) is 0 Å². The molecule has 14 heavy (non-hydrogen) atoms. The molecule has 0 aromatic heterocycles. The summed E-state index contributed by atoms with van der Waals surface area (Å²) >= 11 is 11.6. The second-order valence-electron chi connectivity index (χ2n) is 3.19. The van der Waals surface area contributed by atoms with Gasteiger partial charge in [-0.15, -0.1) is 0 Å². The van der Waals surface area contributed by atoms with Crippen molar-refractivity contribution in [1.29, 1.82) is 0 Å². The Labute approximate surface area is 91.4 Å². The number of benzene rings is 1. The van der Waals surface area contributed by atoms with E-state index >= 15 is 0 Å². The molecular weight excluding hydrogens is 223 g/mol. The van der Waals surface area contributed by atoms with Crippen LogP contribution in [-0.4, -0.2) is 14.5 Å². The molecule has 2 nitrogen and oxygen atoms in total. The molecule has 1 aliphatic carbocycles. The Morgan fingerprint density at radius 3 is 2.57 bits per heavy atom. The maximum atomic E-state index is 9.79. The Kier molecular flexibility index (Phi) is 2.22. The molecule has 0 radical (unpaired) electrons. The lowest BCUT2D eigenvalue weighted by atomic mass is 9.93. The highest BCUT2D eigenvalue weighted by Crippen LogP contribution is 2.44. The first-order valence-corrected chi connectivity index (χ1v) is 4.85. The van der Waals surface area contributed by atoms with E-state index in [1.165, 1.54) is 6.08 Å². The fourth-order valence-electron chi connectivity index (χ4n) is 1.52. The fourth-order valence-corrected chi connectivity index (χ4v) is 1.96. The average molecular weight is 231 g/mol. The van der Waals surface area contributed by atoms with Crippen molar-refractivity contribution in [2.24, 2.45) is 0 Å². The molecule has 1 aromatic carbocycles. The van der Waals surface area contributed by atoms with E-state index < -0.39 is 10.4 Å². The summed E-state index contributed by atoms with van der Waals surface area (Å²) in [5, 5.41) is 19.4. The summed E-state index contributed by atoms with van der Waals surface area (Å²) in [6, 6.07) is 6.91. The molecule has 1 unspecified atom stereocenters. The van der Waals surface area contributed by atoms with Crippen LogP contribution in [0.1, 0.15) is 17.2 Å². The van der Waals surface area contributed by atoms with Gasteiger partial charge in [0.2, 0.25) is 0 Å². The van der Waals surface area contributed by atoms with Gasteiger partial charge in [-0.25, -0.2) is 0 Å². The summed E-state index contributed by atoms with van der Waals surface area (Å²) in [7, 11) is 0. The minimum atomic E-state index is -1.46. The largest absolute Gasteiger partial charge is 0.508 e. The van der Waals surface area contributed by atoms with Gasteiger partial charge in [0.15, 0.2) is 4.33 Å². The summed E-state index contributed by atoms with van der Waals surface area (Å²) in [6.07, 6.45) is 0.223. The monoisotopic (exact) mass is 230 g/mol. The van der Waals surface area contributed by atoms with Crippen LogP contribution in [0.2, 0.25) is 0 Å². The molecule has 0 saturated carbocycles. The maximum absolute atomic E-state index is 9.79. The van der Waals surface area contributed by atoms with E-state index in [1.54, 1.807) is 24.3 Å². The van der Waals surface area contributed by atoms with E-state index in [9.17, 15) is 10.2 Å². The lowest BCUT2D eigenvalue weighted by molar-refractivity contribution is 0.169. The van der Waals surface area contributed by atoms with Crippen LogP contribution in [0.5, 0.6) is 0 Å². The normalized spacial score (nSPS) is 23.9. The van der Waals surface area contributed by atoms with Gasteiger partial charge in [0.1, 0.15) is 11.9 Å². The van der Waals surface area contributed by atoms with Crippen LogP contribution < -0.4 is 0 Å². The SMILES string of the molecule is OC1=CC(Cl)(Cl)C(O)c2ccccc21. The molecule has 1 aliphatic rings. The van der Waals surface area contributed by atoms with Crippen molar-refractivity contribution in [2.75, 3.05) is 0 Å². The number of fused-ring (bicyclic) bond motifs is 1. The molecule has 2 N–H and O–H groups in total. The van der Waals surface area contributed by atoms with Crippen LogP contribution in [-0.2, 0) is 0 Å². The van der Waals surface area contributed by atoms with Gasteiger partial charge < -0.3 is 10.2 Å². The van der Waals surface area contributed by atoms with Crippen molar-refractivity contribution >= 4 is 29.0 Å². The van der Waals surface area contributed by atoms with Gasteiger partial charge in [-0.3, -0.25) is 0 Å². The Balaban J connectivity index is 2.63. The predicted molar refractivity (Wildman–Crippen MR) is 56.4 cm³/mol. The molecule has 0 heterocycles. The minimum absolute atomic E-state index is 0.00380. The van der Waals surface area contributed by atoms with Crippen molar-refractivity contribution in [2.45, 2.75) is 10.4 Å². The second kappa shape index (κ2) is 3.16. The molecule has 0 bridgehead atoms. The summed E-state index contributed by atoms with van der Waals surface area (Å²) in [5.41, 5.74) is 1.11. The smallest absolute Gasteiger partial charge is 0.169 e. The minimum Gasteiger partial charge on any atom is -0.508 e. The van der Waals surface area contributed by atoms with E-state index in [4.69, 9.17) is 23.2 Å². The van der Waals surface area contributed by atoms with Crippen LogP contribution >= 0.6 is 23.2 Å². The summed E-state index contributed by atoms with van der Waals surface area (Å²) in [4.78, 5) is 0. The zero-order chi connectivity index (χ0) is 10.3. The molecule has 0 fully saturated rings. The highest BCUT2D eigenvalue weighted by molar-refractivity contribution is 6.50. The van der Waals surface area contributed by atoms with E-state index in [0.717, 1.165) is 0 Å². The zero-order valence-electron chi connectivity index (χ0n) is 7.11. The van der Waals surface area contributed by atoms with Crippen LogP contribution in [0, 0.1) is 0 Å². The standard InChI is InChI=1S/C10H8Cl2O2/c11-10(12)5-8(13)6-3-1-2-4-7(6)9(10)14/h1-5,9,13-14H. The van der Waals surface area contributed by atoms with Crippen LogP contribution in [0.25, 0.3) is 5.76 Å². The number of halogens is 2. The quantitative estimate of drug-likeness (QED) is 0.674. The third-order valence-electron chi connectivity index (χ3n) is 2.23. The summed E-state index contributed by atoms with van der Waals surface area (Å²) in [5.74, 6) is -0.00380. The lowest BCUT2D eigenvalue weighted by Gasteiger charge is -2.29. The van der Waals surface area contributed by atoms with Gasteiger partial charge in [-0.1, -0.05) is 47.5 Å². The molecule has 0 amide bonds. The van der Waals surface area contributed by atoms with Crippen molar-refractivity contribution in [3.05, 3.63) is 41.5 Å². The zero-order valence-corrected chi connectivity index (χ0v) is 8.63. The van der Waals surface area contributed by atoms with Gasteiger partial charge in [-0.05, 0) is 11.6 Å². The molecule has 74 valence electrons. The van der Waals surface area contributed by atoms with Crippen molar-refractivity contribution in [3.63, 3.8) is 0 Å².